The van der Waals surface area contributed by atoms with Crippen LogP contribution in [0.1, 0.15) is 40.5 Å². The smallest absolute Gasteiger partial charge is 0.0488 e. The first-order valence-electron chi connectivity index (χ1n) is 5.22. The van der Waals surface area contributed by atoms with E-state index in [9.17, 15) is 0 Å². The van der Waals surface area contributed by atoms with Crippen molar-refractivity contribution in [2.45, 2.75) is 40.5 Å². The molecule has 0 saturated heterocycles. The van der Waals surface area contributed by atoms with Gasteiger partial charge in [0.25, 0.3) is 0 Å². The molecule has 0 spiro atoms. The minimum Gasteiger partial charge on any atom is -0.396 e. The lowest BCUT2D eigenvalue weighted by atomic mass is 9.85. The van der Waals surface area contributed by atoms with Crippen molar-refractivity contribution in [2.75, 3.05) is 19.8 Å². The van der Waals surface area contributed by atoms with Crippen molar-refractivity contribution in [3.05, 3.63) is 0 Å². The van der Waals surface area contributed by atoms with Crippen molar-refractivity contribution in [1.29, 1.82) is 0 Å². The Kier molecular flexibility index (Phi) is 6.35. The Labute approximate surface area is 82.3 Å². The maximum absolute atomic E-state index is 9.14. The Bertz CT molecular complexity index is 117. The van der Waals surface area contributed by atoms with Crippen LogP contribution in [-0.4, -0.2) is 24.9 Å². The number of hydrogen-bond acceptors (Lipinski definition) is 2. The molecular weight excluding hydrogens is 164 g/mol. The molecule has 0 aliphatic carbocycles. The summed E-state index contributed by atoms with van der Waals surface area (Å²) in [5.41, 5.74) is 0.0526. The van der Waals surface area contributed by atoms with E-state index in [4.69, 9.17) is 9.84 Å². The van der Waals surface area contributed by atoms with E-state index in [1.54, 1.807) is 0 Å². The molecule has 0 rings (SSSR count). The van der Waals surface area contributed by atoms with Crippen LogP contribution in [0.2, 0.25) is 0 Å². The molecule has 0 bridgehead atoms. The van der Waals surface area contributed by atoms with Gasteiger partial charge >= 0.3 is 0 Å². The minimum absolute atomic E-state index is 0.0526. The number of aliphatic hydroxyl groups is 1. The monoisotopic (exact) mass is 188 g/mol. The summed E-state index contributed by atoms with van der Waals surface area (Å²) in [5.74, 6) is 0.599. The van der Waals surface area contributed by atoms with E-state index >= 15 is 0 Å². The van der Waals surface area contributed by atoms with Crippen molar-refractivity contribution in [3.63, 3.8) is 0 Å². The van der Waals surface area contributed by atoms with Crippen LogP contribution >= 0.6 is 0 Å². The molecule has 80 valence electrons. The lowest BCUT2D eigenvalue weighted by molar-refractivity contribution is 0.0540. The highest BCUT2D eigenvalue weighted by atomic mass is 16.5. The third-order valence-corrected chi connectivity index (χ3v) is 2.54. The molecule has 13 heavy (non-hydrogen) atoms. The summed E-state index contributed by atoms with van der Waals surface area (Å²) in [5, 5.41) is 9.14. The summed E-state index contributed by atoms with van der Waals surface area (Å²) >= 11 is 0. The Hall–Kier alpha value is -0.0800. The van der Waals surface area contributed by atoms with Gasteiger partial charge in [-0.2, -0.15) is 0 Å². The summed E-state index contributed by atoms with van der Waals surface area (Å²) in [6, 6.07) is 0. The Morgan fingerprint density at radius 2 is 2.00 bits per heavy atom. The van der Waals surface area contributed by atoms with Crippen LogP contribution in [0, 0.1) is 11.3 Å². The van der Waals surface area contributed by atoms with Gasteiger partial charge in [-0.3, -0.25) is 0 Å². The fraction of sp³-hybridized carbons (Fsp3) is 1.00. The number of hydrogen-bond donors (Lipinski definition) is 1. The summed E-state index contributed by atoms with van der Waals surface area (Å²) < 4.78 is 5.48. The largest absolute Gasteiger partial charge is 0.396 e. The summed E-state index contributed by atoms with van der Waals surface area (Å²) in [6.07, 6.45) is 1.96. The molecule has 0 heterocycles. The van der Waals surface area contributed by atoms with Gasteiger partial charge in [-0.1, -0.05) is 27.7 Å². The van der Waals surface area contributed by atoms with E-state index < -0.39 is 0 Å². The zero-order valence-electron chi connectivity index (χ0n) is 9.47. The van der Waals surface area contributed by atoms with Crippen LogP contribution in [0.4, 0.5) is 0 Å². The Balaban J connectivity index is 3.50. The molecule has 0 aromatic carbocycles. The van der Waals surface area contributed by atoms with Crippen LogP contribution in [0.15, 0.2) is 0 Å². The van der Waals surface area contributed by atoms with Gasteiger partial charge in [0.05, 0.1) is 0 Å². The maximum Gasteiger partial charge on any atom is 0.0488 e. The standard InChI is InChI=1S/C11H24O2/c1-5-11(4,9-12)6-7-13-8-10(2)3/h10,12H,5-9H2,1-4H3. The zero-order valence-corrected chi connectivity index (χ0v) is 9.47. The van der Waals surface area contributed by atoms with E-state index in [0.29, 0.717) is 5.92 Å². The SMILES string of the molecule is CCC(C)(CO)CCOCC(C)C. The molecule has 0 aliphatic rings. The molecule has 1 atom stereocenters. The molecule has 1 N–H and O–H groups in total. The normalized spacial score (nSPS) is 16.2. The van der Waals surface area contributed by atoms with Gasteiger partial charge in [0.2, 0.25) is 0 Å². The predicted molar refractivity (Wildman–Crippen MR) is 55.8 cm³/mol. The molecule has 2 nitrogen and oxygen atoms in total. The highest BCUT2D eigenvalue weighted by Crippen LogP contribution is 2.24. The predicted octanol–water partition coefficient (Wildman–Crippen LogP) is 2.46. The second-order valence-corrected chi connectivity index (χ2v) is 4.54. The van der Waals surface area contributed by atoms with Crippen LogP contribution in [0.3, 0.4) is 0 Å². The van der Waals surface area contributed by atoms with Gasteiger partial charge in [0.1, 0.15) is 0 Å². The quantitative estimate of drug-likeness (QED) is 0.622. The average Bonchev–Trinajstić information content (AvgIpc) is 2.12. The first-order chi connectivity index (χ1) is 6.04. The van der Waals surface area contributed by atoms with Gasteiger partial charge < -0.3 is 9.84 Å². The molecule has 2 heteroatoms. The summed E-state index contributed by atoms with van der Waals surface area (Å²) in [4.78, 5) is 0. The number of aliphatic hydroxyl groups excluding tert-OH is 1. The molecule has 0 saturated carbocycles. The van der Waals surface area contributed by atoms with Crippen molar-refractivity contribution < 1.29 is 9.84 Å². The zero-order chi connectivity index (χ0) is 10.3. The molecule has 0 aromatic rings. The van der Waals surface area contributed by atoms with Crippen molar-refractivity contribution in [3.8, 4) is 0 Å². The van der Waals surface area contributed by atoms with E-state index in [-0.39, 0.29) is 12.0 Å². The molecule has 0 amide bonds. The summed E-state index contributed by atoms with van der Waals surface area (Å²) in [7, 11) is 0. The first-order valence-corrected chi connectivity index (χ1v) is 5.22. The van der Waals surface area contributed by atoms with Gasteiger partial charge in [-0.15, -0.1) is 0 Å². The van der Waals surface area contributed by atoms with Gasteiger partial charge in [0, 0.05) is 19.8 Å². The van der Waals surface area contributed by atoms with Crippen LogP contribution < -0.4 is 0 Å². The lowest BCUT2D eigenvalue weighted by Crippen LogP contribution is -2.22. The maximum atomic E-state index is 9.14. The van der Waals surface area contributed by atoms with Crippen LogP contribution in [0.5, 0.6) is 0 Å². The molecule has 0 radical (unpaired) electrons. The number of ether oxygens (including phenoxy) is 1. The minimum atomic E-state index is 0.0526. The van der Waals surface area contributed by atoms with E-state index in [0.717, 1.165) is 26.1 Å². The molecule has 0 fully saturated rings. The first kappa shape index (κ1) is 12.9. The Morgan fingerprint density at radius 1 is 1.38 bits per heavy atom. The fourth-order valence-electron chi connectivity index (χ4n) is 1.01. The lowest BCUT2D eigenvalue weighted by Gasteiger charge is -2.25. The van der Waals surface area contributed by atoms with Gasteiger partial charge in [0.15, 0.2) is 0 Å². The second-order valence-electron chi connectivity index (χ2n) is 4.54. The average molecular weight is 188 g/mol. The molecule has 1 unspecified atom stereocenters. The highest BCUT2D eigenvalue weighted by Gasteiger charge is 2.20. The Morgan fingerprint density at radius 3 is 2.38 bits per heavy atom. The van der Waals surface area contributed by atoms with Crippen molar-refractivity contribution >= 4 is 0 Å². The van der Waals surface area contributed by atoms with E-state index in [1.165, 1.54) is 0 Å². The fourth-order valence-corrected chi connectivity index (χ4v) is 1.01. The van der Waals surface area contributed by atoms with Crippen LogP contribution in [-0.2, 0) is 4.74 Å². The molecular formula is C11H24O2. The molecule has 0 aromatic heterocycles. The topological polar surface area (TPSA) is 29.5 Å². The third-order valence-electron chi connectivity index (χ3n) is 2.54. The van der Waals surface area contributed by atoms with Gasteiger partial charge in [-0.05, 0) is 24.2 Å². The van der Waals surface area contributed by atoms with Gasteiger partial charge in [-0.25, -0.2) is 0 Å². The van der Waals surface area contributed by atoms with E-state index in [1.807, 2.05) is 0 Å². The van der Waals surface area contributed by atoms with Crippen molar-refractivity contribution in [1.82, 2.24) is 0 Å². The van der Waals surface area contributed by atoms with E-state index in [2.05, 4.69) is 27.7 Å². The third kappa shape index (κ3) is 6.05. The highest BCUT2D eigenvalue weighted by molar-refractivity contribution is 4.70. The molecule has 0 aliphatic heterocycles. The van der Waals surface area contributed by atoms with Crippen molar-refractivity contribution in [2.24, 2.45) is 11.3 Å². The van der Waals surface area contributed by atoms with Crippen LogP contribution in [0.25, 0.3) is 0 Å². The number of rotatable bonds is 7. The second kappa shape index (κ2) is 6.39. The summed E-state index contributed by atoms with van der Waals surface area (Å²) in [6.45, 7) is 10.4.